The van der Waals surface area contributed by atoms with Crippen LogP contribution in [-0.2, 0) is 20.8 Å². The van der Waals surface area contributed by atoms with Crippen molar-refractivity contribution in [3.05, 3.63) is 47.7 Å². The summed E-state index contributed by atoms with van der Waals surface area (Å²) in [5.74, 6) is 1.20. The molecule has 1 fully saturated rings. The molecule has 1 aromatic rings. The van der Waals surface area contributed by atoms with Crippen molar-refractivity contribution in [2.24, 2.45) is 17.8 Å². The van der Waals surface area contributed by atoms with E-state index >= 15 is 0 Å². The zero-order chi connectivity index (χ0) is 19.8. The standard InChI is InChI=1S/C23H33NO4/c1-2-27-23-19(13-8-14-25)20(18-11-6-7-12-18)15-21(28-23)22(26)24-16-17-9-4-3-5-10-17/h3-5,9-10,15,18-20,23,25H,2,6-8,11-14,16H2,1H3,(H,24,26)/t19-,20+,23+/m0/s1. The summed E-state index contributed by atoms with van der Waals surface area (Å²) in [5, 5.41) is 12.3. The predicted octanol–water partition coefficient (Wildman–Crippen LogP) is 3.77. The van der Waals surface area contributed by atoms with Crippen molar-refractivity contribution in [1.29, 1.82) is 0 Å². The quantitative estimate of drug-likeness (QED) is 0.677. The normalized spacial score (nSPS) is 25.2. The highest BCUT2D eigenvalue weighted by Gasteiger charge is 2.41. The molecule has 0 saturated heterocycles. The van der Waals surface area contributed by atoms with E-state index in [-0.39, 0.29) is 24.3 Å². The number of allylic oxidation sites excluding steroid dienone is 1. The van der Waals surface area contributed by atoms with E-state index in [4.69, 9.17) is 9.47 Å². The molecule has 5 heteroatoms. The Hall–Kier alpha value is -1.85. The predicted molar refractivity (Wildman–Crippen MR) is 108 cm³/mol. The maximum absolute atomic E-state index is 12.8. The molecular formula is C23H33NO4. The van der Waals surface area contributed by atoms with Crippen LogP contribution in [0.5, 0.6) is 0 Å². The molecule has 2 N–H and O–H groups in total. The van der Waals surface area contributed by atoms with Crippen LogP contribution < -0.4 is 5.32 Å². The van der Waals surface area contributed by atoms with Crippen LogP contribution in [0.3, 0.4) is 0 Å². The summed E-state index contributed by atoms with van der Waals surface area (Å²) in [6, 6.07) is 9.87. The van der Waals surface area contributed by atoms with Crippen LogP contribution in [0, 0.1) is 17.8 Å². The first-order chi connectivity index (χ1) is 13.7. The zero-order valence-electron chi connectivity index (χ0n) is 16.8. The molecule has 1 heterocycles. The van der Waals surface area contributed by atoms with Gasteiger partial charge in [0.05, 0.1) is 0 Å². The van der Waals surface area contributed by atoms with Gasteiger partial charge in [0.25, 0.3) is 5.91 Å². The SMILES string of the molecule is CCO[C@@H]1OC(C(=O)NCc2ccccc2)=C[C@H](C2CCCC2)[C@@H]1CCCO. The lowest BCUT2D eigenvalue weighted by molar-refractivity contribution is -0.176. The van der Waals surface area contributed by atoms with Crippen molar-refractivity contribution in [1.82, 2.24) is 5.32 Å². The van der Waals surface area contributed by atoms with Gasteiger partial charge in [-0.25, -0.2) is 0 Å². The van der Waals surface area contributed by atoms with Crippen molar-refractivity contribution in [3.63, 3.8) is 0 Å². The number of carbonyl (C=O) groups excluding carboxylic acids is 1. The number of carbonyl (C=O) groups is 1. The molecule has 154 valence electrons. The maximum Gasteiger partial charge on any atom is 0.286 e. The van der Waals surface area contributed by atoms with Crippen molar-refractivity contribution < 1.29 is 19.4 Å². The van der Waals surface area contributed by atoms with Crippen LogP contribution in [0.25, 0.3) is 0 Å². The summed E-state index contributed by atoms with van der Waals surface area (Å²) in [6.45, 7) is 3.13. The highest BCUT2D eigenvalue weighted by Crippen LogP contribution is 2.43. The monoisotopic (exact) mass is 387 g/mol. The van der Waals surface area contributed by atoms with Gasteiger partial charge in [-0.3, -0.25) is 4.79 Å². The van der Waals surface area contributed by atoms with Gasteiger partial charge in [-0.2, -0.15) is 0 Å². The van der Waals surface area contributed by atoms with Crippen molar-refractivity contribution in [2.75, 3.05) is 13.2 Å². The molecule has 3 atom stereocenters. The van der Waals surface area contributed by atoms with Gasteiger partial charge in [0, 0.05) is 25.7 Å². The molecule has 1 saturated carbocycles. The van der Waals surface area contributed by atoms with Crippen LogP contribution >= 0.6 is 0 Å². The molecule has 0 unspecified atom stereocenters. The molecule has 0 spiro atoms. The summed E-state index contributed by atoms with van der Waals surface area (Å²) in [7, 11) is 0. The highest BCUT2D eigenvalue weighted by atomic mass is 16.7. The Labute approximate surface area is 168 Å². The Balaban J connectivity index is 1.75. The fourth-order valence-corrected chi connectivity index (χ4v) is 4.53. The minimum atomic E-state index is -0.426. The van der Waals surface area contributed by atoms with Crippen LogP contribution in [0.15, 0.2) is 42.2 Å². The largest absolute Gasteiger partial charge is 0.459 e. The fraction of sp³-hybridized carbons (Fsp3) is 0.609. The van der Waals surface area contributed by atoms with Gasteiger partial charge in [0.15, 0.2) is 5.76 Å². The molecule has 0 radical (unpaired) electrons. The number of hydrogen-bond acceptors (Lipinski definition) is 4. The number of benzene rings is 1. The number of aliphatic hydroxyl groups excluding tert-OH is 1. The van der Waals surface area contributed by atoms with E-state index in [1.165, 1.54) is 25.7 Å². The maximum atomic E-state index is 12.8. The highest BCUT2D eigenvalue weighted by molar-refractivity contribution is 5.91. The summed E-state index contributed by atoms with van der Waals surface area (Å²) < 4.78 is 11.9. The lowest BCUT2D eigenvalue weighted by Crippen LogP contribution is -2.41. The minimum absolute atomic E-state index is 0.168. The topological polar surface area (TPSA) is 67.8 Å². The van der Waals surface area contributed by atoms with Crippen LogP contribution in [0.4, 0.5) is 0 Å². The second-order valence-corrected chi connectivity index (χ2v) is 7.79. The van der Waals surface area contributed by atoms with Gasteiger partial charge in [0.2, 0.25) is 6.29 Å². The lowest BCUT2D eigenvalue weighted by Gasteiger charge is -2.39. The summed E-state index contributed by atoms with van der Waals surface area (Å²) >= 11 is 0. The van der Waals surface area contributed by atoms with Gasteiger partial charge < -0.3 is 19.9 Å². The van der Waals surface area contributed by atoms with Gasteiger partial charge >= 0.3 is 0 Å². The van der Waals surface area contributed by atoms with E-state index < -0.39 is 6.29 Å². The van der Waals surface area contributed by atoms with Crippen LogP contribution in [0.1, 0.15) is 51.0 Å². The smallest absolute Gasteiger partial charge is 0.286 e. The zero-order valence-corrected chi connectivity index (χ0v) is 16.8. The second-order valence-electron chi connectivity index (χ2n) is 7.79. The molecule has 1 aromatic carbocycles. The minimum Gasteiger partial charge on any atom is -0.459 e. The number of hydrogen-bond donors (Lipinski definition) is 2. The second kappa shape index (κ2) is 10.6. The molecule has 5 nitrogen and oxygen atoms in total. The third-order valence-electron chi connectivity index (χ3n) is 5.92. The van der Waals surface area contributed by atoms with Crippen molar-refractivity contribution in [2.45, 2.75) is 58.3 Å². The molecule has 1 aliphatic carbocycles. The molecular weight excluding hydrogens is 354 g/mol. The number of rotatable bonds is 9. The summed E-state index contributed by atoms with van der Waals surface area (Å²) in [5.41, 5.74) is 1.06. The number of nitrogens with one attached hydrogen (secondary N) is 1. The Morgan fingerprint density at radius 3 is 2.68 bits per heavy atom. The van der Waals surface area contributed by atoms with E-state index in [0.717, 1.165) is 18.4 Å². The third kappa shape index (κ3) is 5.36. The Kier molecular flexibility index (Phi) is 7.92. The molecule has 0 bridgehead atoms. The summed E-state index contributed by atoms with van der Waals surface area (Å²) in [4.78, 5) is 12.8. The fourth-order valence-electron chi connectivity index (χ4n) is 4.53. The molecule has 3 rings (SSSR count). The van der Waals surface area contributed by atoms with Gasteiger partial charge in [0.1, 0.15) is 0 Å². The Bertz CT molecular complexity index is 639. The van der Waals surface area contributed by atoms with Crippen LogP contribution in [-0.4, -0.2) is 30.5 Å². The van der Waals surface area contributed by atoms with E-state index in [2.05, 4.69) is 5.32 Å². The Morgan fingerprint density at radius 2 is 2.00 bits per heavy atom. The molecule has 1 amide bonds. The third-order valence-corrected chi connectivity index (χ3v) is 5.92. The Morgan fingerprint density at radius 1 is 1.25 bits per heavy atom. The molecule has 2 aliphatic rings. The number of amides is 1. The van der Waals surface area contributed by atoms with E-state index in [0.29, 0.717) is 24.8 Å². The first kappa shape index (κ1) is 20.9. The first-order valence-corrected chi connectivity index (χ1v) is 10.7. The van der Waals surface area contributed by atoms with E-state index in [1.54, 1.807) is 0 Å². The average molecular weight is 388 g/mol. The number of ether oxygens (including phenoxy) is 2. The lowest BCUT2D eigenvalue weighted by atomic mass is 9.76. The van der Waals surface area contributed by atoms with Crippen molar-refractivity contribution >= 4 is 5.91 Å². The average Bonchev–Trinajstić information content (AvgIpc) is 3.26. The van der Waals surface area contributed by atoms with E-state index in [9.17, 15) is 9.90 Å². The van der Waals surface area contributed by atoms with E-state index in [1.807, 2.05) is 43.3 Å². The molecule has 28 heavy (non-hydrogen) atoms. The number of aliphatic hydroxyl groups is 1. The van der Waals surface area contributed by atoms with Crippen LogP contribution in [0.2, 0.25) is 0 Å². The van der Waals surface area contributed by atoms with Gasteiger partial charge in [-0.05, 0) is 56.1 Å². The summed E-state index contributed by atoms with van der Waals surface area (Å²) in [6.07, 6.45) is 8.05. The van der Waals surface area contributed by atoms with Gasteiger partial charge in [-0.1, -0.05) is 43.2 Å². The van der Waals surface area contributed by atoms with Crippen molar-refractivity contribution in [3.8, 4) is 0 Å². The molecule has 0 aromatic heterocycles. The van der Waals surface area contributed by atoms with Gasteiger partial charge in [-0.15, -0.1) is 0 Å². The first-order valence-electron chi connectivity index (χ1n) is 10.7. The molecule has 1 aliphatic heterocycles.